The van der Waals surface area contributed by atoms with E-state index in [1.54, 1.807) is 17.9 Å². The Morgan fingerprint density at radius 3 is 2.69 bits per heavy atom. The Morgan fingerprint density at radius 1 is 1.19 bits per heavy atom. The van der Waals surface area contributed by atoms with Gasteiger partial charge in [-0.3, -0.25) is 14.4 Å². The number of aromatic nitrogens is 1. The highest BCUT2D eigenvalue weighted by Crippen LogP contribution is 2.41. The van der Waals surface area contributed by atoms with Gasteiger partial charge in [0.25, 0.3) is 5.91 Å². The lowest BCUT2D eigenvalue weighted by Gasteiger charge is -2.42. The van der Waals surface area contributed by atoms with Crippen LogP contribution in [0.5, 0.6) is 0 Å². The van der Waals surface area contributed by atoms with E-state index in [0.29, 0.717) is 30.3 Å². The highest BCUT2D eigenvalue weighted by Gasteiger charge is 2.49. The molecular weight excluding hydrogens is 330 g/mol. The number of likely N-dealkylation sites (tertiary alicyclic amines) is 2. The first kappa shape index (κ1) is 17.3. The van der Waals surface area contributed by atoms with E-state index in [4.69, 9.17) is 0 Å². The van der Waals surface area contributed by atoms with Crippen LogP contribution in [0.15, 0.2) is 16.9 Å². The van der Waals surface area contributed by atoms with Gasteiger partial charge in [-0.05, 0) is 51.0 Å². The molecule has 4 rings (SSSR count). The number of carbonyl (C=O) groups excluding carboxylic acids is 2. The van der Waals surface area contributed by atoms with Crippen LogP contribution in [-0.2, 0) is 4.79 Å². The zero-order valence-electron chi connectivity index (χ0n) is 15.4. The van der Waals surface area contributed by atoms with Crippen LogP contribution in [0, 0.1) is 18.3 Å². The molecule has 1 aliphatic carbocycles. The second kappa shape index (κ2) is 6.56. The maximum Gasteiger partial charge on any atom is 0.254 e. The Morgan fingerprint density at radius 2 is 2.00 bits per heavy atom. The number of nitrogens with one attached hydrogen (secondary N) is 1. The molecule has 0 radical (unpaired) electrons. The highest BCUT2D eigenvalue weighted by molar-refractivity contribution is 5.95. The molecule has 0 bridgehead atoms. The lowest BCUT2D eigenvalue weighted by molar-refractivity contribution is -0.146. The number of H-pyrrole nitrogens is 1. The first-order valence-electron chi connectivity index (χ1n) is 9.76. The molecule has 1 aromatic rings. The van der Waals surface area contributed by atoms with E-state index in [1.165, 1.54) is 25.3 Å². The zero-order chi connectivity index (χ0) is 18.3. The summed E-state index contributed by atoms with van der Waals surface area (Å²) in [6, 6.07) is 3.06. The van der Waals surface area contributed by atoms with Crippen molar-refractivity contribution < 1.29 is 9.59 Å². The van der Waals surface area contributed by atoms with Gasteiger partial charge in [-0.1, -0.05) is 6.42 Å². The normalized spacial score (nSPS) is 26.4. The average molecular weight is 357 g/mol. The Kier molecular flexibility index (Phi) is 4.37. The molecule has 0 aromatic carbocycles. The van der Waals surface area contributed by atoms with Crippen molar-refractivity contribution in [3.05, 3.63) is 33.7 Å². The number of amides is 2. The molecule has 6 nitrogen and oxygen atoms in total. The Labute approximate surface area is 153 Å². The summed E-state index contributed by atoms with van der Waals surface area (Å²) in [5.74, 6) is 0.778. The van der Waals surface area contributed by atoms with E-state index >= 15 is 0 Å². The summed E-state index contributed by atoms with van der Waals surface area (Å²) in [6.45, 7) is 4.60. The maximum atomic E-state index is 13.2. The van der Waals surface area contributed by atoms with Gasteiger partial charge >= 0.3 is 0 Å². The molecule has 2 aliphatic heterocycles. The first-order chi connectivity index (χ1) is 12.5. The number of aromatic amines is 1. The lowest BCUT2D eigenvalue weighted by Crippen LogP contribution is -2.52. The average Bonchev–Trinajstić information content (AvgIpc) is 2.98. The van der Waals surface area contributed by atoms with Gasteiger partial charge < -0.3 is 14.8 Å². The second-order valence-corrected chi connectivity index (χ2v) is 8.32. The topological polar surface area (TPSA) is 73.5 Å². The van der Waals surface area contributed by atoms with E-state index in [2.05, 4.69) is 9.88 Å². The molecule has 26 heavy (non-hydrogen) atoms. The smallest absolute Gasteiger partial charge is 0.254 e. The SMILES string of the molecule is Cc1cc(C(=O)N2CC[C@]3(CCCN(CC4CCC4)C3=O)C2)cc(=O)[nH]1. The number of hydrogen-bond acceptors (Lipinski definition) is 3. The van der Waals surface area contributed by atoms with Gasteiger partial charge in [0, 0.05) is 43.5 Å². The Bertz CT molecular complexity index is 783. The minimum Gasteiger partial charge on any atom is -0.342 e. The lowest BCUT2D eigenvalue weighted by atomic mass is 9.77. The monoisotopic (exact) mass is 357 g/mol. The fourth-order valence-electron chi connectivity index (χ4n) is 4.73. The van der Waals surface area contributed by atoms with E-state index in [0.717, 1.165) is 32.4 Å². The molecule has 140 valence electrons. The summed E-state index contributed by atoms with van der Waals surface area (Å²) < 4.78 is 0. The van der Waals surface area contributed by atoms with Crippen molar-refractivity contribution in [3.63, 3.8) is 0 Å². The van der Waals surface area contributed by atoms with Crippen LogP contribution in [0.2, 0.25) is 0 Å². The zero-order valence-corrected chi connectivity index (χ0v) is 15.4. The third-order valence-electron chi connectivity index (χ3n) is 6.39. The molecule has 3 fully saturated rings. The number of rotatable bonds is 3. The predicted molar refractivity (Wildman–Crippen MR) is 97.9 cm³/mol. The van der Waals surface area contributed by atoms with E-state index < -0.39 is 5.41 Å². The van der Waals surface area contributed by atoms with Crippen molar-refractivity contribution in [2.75, 3.05) is 26.2 Å². The molecule has 1 N–H and O–H groups in total. The van der Waals surface area contributed by atoms with Crippen LogP contribution < -0.4 is 5.56 Å². The van der Waals surface area contributed by atoms with Crippen LogP contribution in [-0.4, -0.2) is 52.8 Å². The predicted octanol–water partition coefficient (Wildman–Crippen LogP) is 1.94. The van der Waals surface area contributed by atoms with Gasteiger partial charge in [-0.15, -0.1) is 0 Å². The molecule has 2 amide bonds. The van der Waals surface area contributed by atoms with Crippen molar-refractivity contribution in [2.45, 2.75) is 45.4 Å². The second-order valence-electron chi connectivity index (χ2n) is 8.32. The van der Waals surface area contributed by atoms with E-state index in [-0.39, 0.29) is 17.4 Å². The summed E-state index contributed by atoms with van der Waals surface area (Å²) in [7, 11) is 0. The van der Waals surface area contributed by atoms with Crippen LogP contribution in [0.1, 0.15) is 54.6 Å². The molecule has 1 atom stereocenters. The molecule has 0 unspecified atom stereocenters. The number of pyridine rings is 1. The van der Waals surface area contributed by atoms with Gasteiger partial charge in [0.15, 0.2) is 0 Å². The van der Waals surface area contributed by atoms with Crippen molar-refractivity contribution in [1.82, 2.24) is 14.8 Å². The minimum atomic E-state index is -0.409. The van der Waals surface area contributed by atoms with Gasteiger partial charge in [0.2, 0.25) is 11.5 Å². The van der Waals surface area contributed by atoms with Gasteiger partial charge in [0.1, 0.15) is 0 Å². The number of hydrogen-bond donors (Lipinski definition) is 1. The Balaban J connectivity index is 1.48. The third kappa shape index (κ3) is 3.06. The van der Waals surface area contributed by atoms with Gasteiger partial charge in [-0.25, -0.2) is 0 Å². The summed E-state index contributed by atoms with van der Waals surface area (Å²) in [5, 5.41) is 0. The maximum absolute atomic E-state index is 13.2. The number of carbonyl (C=O) groups is 2. The fraction of sp³-hybridized carbons (Fsp3) is 0.650. The molecule has 1 spiro atoms. The highest BCUT2D eigenvalue weighted by atomic mass is 16.2. The number of nitrogens with zero attached hydrogens (tertiary/aromatic N) is 2. The van der Waals surface area contributed by atoms with Crippen molar-refractivity contribution >= 4 is 11.8 Å². The first-order valence-corrected chi connectivity index (χ1v) is 9.76. The largest absolute Gasteiger partial charge is 0.342 e. The number of aryl methyl sites for hydroxylation is 1. The van der Waals surface area contributed by atoms with Gasteiger partial charge in [-0.2, -0.15) is 0 Å². The quantitative estimate of drug-likeness (QED) is 0.898. The molecule has 3 heterocycles. The molecule has 6 heteroatoms. The van der Waals surface area contributed by atoms with Crippen LogP contribution in [0.4, 0.5) is 0 Å². The Hall–Kier alpha value is -2.11. The molecule has 3 aliphatic rings. The standard InChI is InChI=1S/C20H27N3O3/c1-14-10-16(11-17(24)21-14)18(25)23-9-7-20(13-23)6-3-8-22(19(20)26)12-15-4-2-5-15/h10-11,15H,2-9,12-13H2,1H3,(H,21,24)/t20-/m1/s1. The fourth-order valence-corrected chi connectivity index (χ4v) is 4.73. The van der Waals surface area contributed by atoms with E-state index in [9.17, 15) is 14.4 Å². The summed E-state index contributed by atoms with van der Waals surface area (Å²) in [4.78, 5) is 44.2. The number of piperidine rings is 1. The van der Waals surface area contributed by atoms with Crippen LogP contribution in [0.25, 0.3) is 0 Å². The molecular formula is C20H27N3O3. The third-order valence-corrected chi connectivity index (χ3v) is 6.39. The summed E-state index contributed by atoms with van der Waals surface area (Å²) >= 11 is 0. The summed E-state index contributed by atoms with van der Waals surface area (Å²) in [6.07, 6.45) is 6.39. The van der Waals surface area contributed by atoms with Crippen molar-refractivity contribution in [1.29, 1.82) is 0 Å². The van der Waals surface area contributed by atoms with Crippen molar-refractivity contribution in [3.8, 4) is 0 Å². The molecule has 1 saturated carbocycles. The van der Waals surface area contributed by atoms with Crippen molar-refractivity contribution in [2.24, 2.45) is 11.3 Å². The van der Waals surface area contributed by atoms with E-state index in [1.807, 2.05) is 0 Å². The van der Waals surface area contributed by atoms with Crippen LogP contribution in [0.3, 0.4) is 0 Å². The minimum absolute atomic E-state index is 0.139. The molecule has 2 saturated heterocycles. The van der Waals surface area contributed by atoms with Crippen LogP contribution >= 0.6 is 0 Å². The summed E-state index contributed by atoms with van der Waals surface area (Å²) in [5.41, 5.74) is 0.421. The molecule has 1 aromatic heterocycles. The van der Waals surface area contributed by atoms with Gasteiger partial charge in [0.05, 0.1) is 5.41 Å².